The summed E-state index contributed by atoms with van der Waals surface area (Å²) in [4.78, 5) is 30.2. The van der Waals surface area contributed by atoms with Crippen LogP contribution in [-0.4, -0.2) is 51.9 Å². The summed E-state index contributed by atoms with van der Waals surface area (Å²) in [7, 11) is 0. The lowest BCUT2D eigenvalue weighted by Gasteiger charge is -2.36. The molecule has 0 aromatic carbocycles. The number of thiazole rings is 1. The predicted octanol–water partition coefficient (Wildman–Crippen LogP) is 3.05. The van der Waals surface area contributed by atoms with Crippen LogP contribution in [0.5, 0.6) is 0 Å². The van der Waals surface area contributed by atoms with Gasteiger partial charge in [0, 0.05) is 60.4 Å². The van der Waals surface area contributed by atoms with Crippen molar-refractivity contribution in [3.8, 4) is 10.7 Å². The molecule has 1 aliphatic heterocycles. The number of H-pyrrole nitrogens is 1. The van der Waals surface area contributed by atoms with Gasteiger partial charge in [0.15, 0.2) is 0 Å². The Morgan fingerprint density at radius 2 is 2.04 bits per heavy atom. The van der Waals surface area contributed by atoms with Crippen molar-refractivity contribution >= 4 is 34.0 Å². The second kappa shape index (κ2) is 6.09. The molecule has 0 bridgehead atoms. The van der Waals surface area contributed by atoms with Gasteiger partial charge in [-0.1, -0.05) is 0 Å². The van der Waals surface area contributed by atoms with E-state index in [9.17, 15) is 4.79 Å². The van der Waals surface area contributed by atoms with Gasteiger partial charge >= 0.3 is 0 Å². The summed E-state index contributed by atoms with van der Waals surface area (Å²) >= 11 is 1.68. The van der Waals surface area contributed by atoms with Crippen LogP contribution in [0.3, 0.4) is 0 Å². The number of carbonyl (C=O) groups excluding carboxylic acids is 1. The van der Waals surface area contributed by atoms with Gasteiger partial charge < -0.3 is 14.8 Å². The Morgan fingerprint density at radius 1 is 1.23 bits per heavy atom. The molecule has 0 atom stereocenters. The SMILES string of the molecule is Cc1cnc(-c2cc3c(N4CCN(C(=O)C5CC5)CC4)ccnc3[nH]2)s1. The van der Waals surface area contributed by atoms with E-state index >= 15 is 0 Å². The first kappa shape index (κ1) is 15.8. The fourth-order valence-electron chi connectivity index (χ4n) is 3.64. The lowest BCUT2D eigenvalue weighted by Crippen LogP contribution is -2.49. The monoisotopic (exact) mass is 367 g/mol. The van der Waals surface area contributed by atoms with Gasteiger partial charge in [-0.2, -0.15) is 0 Å². The van der Waals surface area contributed by atoms with Crippen molar-refractivity contribution in [3.63, 3.8) is 0 Å². The third-order valence-corrected chi connectivity index (χ3v) is 6.17. The molecule has 1 amide bonds. The van der Waals surface area contributed by atoms with Crippen LogP contribution in [0, 0.1) is 12.8 Å². The Bertz CT molecular complexity index is 965. The van der Waals surface area contributed by atoms with Crippen molar-refractivity contribution in [2.24, 2.45) is 5.92 Å². The highest BCUT2D eigenvalue weighted by Gasteiger charge is 2.34. The molecule has 26 heavy (non-hydrogen) atoms. The second-order valence-electron chi connectivity index (χ2n) is 7.14. The number of piperazine rings is 1. The first-order chi connectivity index (χ1) is 12.7. The number of aromatic amines is 1. The first-order valence-electron chi connectivity index (χ1n) is 9.13. The number of nitrogens with one attached hydrogen (secondary N) is 1. The molecule has 2 aliphatic rings. The van der Waals surface area contributed by atoms with Crippen molar-refractivity contribution in [3.05, 3.63) is 29.4 Å². The summed E-state index contributed by atoms with van der Waals surface area (Å²) in [6, 6.07) is 4.23. The molecule has 4 heterocycles. The Morgan fingerprint density at radius 3 is 2.73 bits per heavy atom. The maximum absolute atomic E-state index is 12.3. The van der Waals surface area contributed by atoms with Crippen LogP contribution in [0.1, 0.15) is 17.7 Å². The largest absolute Gasteiger partial charge is 0.367 e. The van der Waals surface area contributed by atoms with E-state index in [1.807, 2.05) is 17.3 Å². The molecule has 7 heteroatoms. The van der Waals surface area contributed by atoms with Crippen LogP contribution in [0.25, 0.3) is 21.7 Å². The summed E-state index contributed by atoms with van der Waals surface area (Å²) in [6.45, 7) is 5.42. The zero-order valence-corrected chi connectivity index (χ0v) is 15.6. The topological polar surface area (TPSA) is 65.1 Å². The fourth-order valence-corrected chi connectivity index (χ4v) is 4.38. The molecule has 134 valence electrons. The van der Waals surface area contributed by atoms with E-state index in [4.69, 9.17) is 0 Å². The Labute approximate surface area is 155 Å². The minimum atomic E-state index is 0.308. The third kappa shape index (κ3) is 2.76. The van der Waals surface area contributed by atoms with Crippen LogP contribution in [0.4, 0.5) is 5.69 Å². The number of nitrogens with zero attached hydrogens (tertiary/aromatic N) is 4. The number of hydrogen-bond donors (Lipinski definition) is 1. The van der Waals surface area contributed by atoms with E-state index < -0.39 is 0 Å². The summed E-state index contributed by atoms with van der Waals surface area (Å²) in [5, 5.41) is 2.11. The summed E-state index contributed by atoms with van der Waals surface area (Å²) in [5.74, 6) is 0.663. The quantitative estimate of drug-likeness (QED) is 0.773. The fraction of sp³-hybridized carbons (Fsp3) is 0.421. The molecule has 2 fully saturated rings. The number of rotatable bonds is 3. The molecule has 0 spiro atoms. The number of aromatic nitrogens is 3. The number of anilines is 1. The highest BCUT2D eigenvalue weighted by molar-refractivity contribution is 7.14. The number of pyridine rings is 1. The molecular formula is C19H21N5OS. The molecule has 3 aromatic heterocycles. The zero-order chi connectivity index (χ0) is 17.7. The van der Waals surface area contributed by atoms with Gasteiger partial charge in [-0.3, -0.25) is 4.79 Å². The minimum Gasteiger partial charge on any atom is -0.367 e. The molecule has 1 N–H and O–H groups in total. The molecule has 5 rings (SSSR count). The third-order valence-electron chi connectivity index (χ3n) is 5.22. The van der Waals surface area contributed by atoms with Gasteiger partial charge in [-0.05, 0) is 31.9 Å². The lowest BCUT2D eigenvalue weighted by molar-refractivity contribution is -0.132. The van der Waals surface area contributed by atoms with Gasteiger partial charge in [-0.15, -0.1) is 11.3 Å². The normalized spacial score (nSPS) is 17.9. The summed E-state index contributed by atoms with van der Waals surface area (Å²) in [5.41, 5.74) is 3.09. The molecule has 1 saturated carbocycles. The van der Waals surface area contributed by atoms with Crippen LogP contribution < -0.4 is 4.90 Å². The minimum absolute atomic E-state index is 0.308. The summed E-state index contributed by atoms with van der Waals surface area (Å²) < 4.78 is 0. The molecular weight excluding hydrogens is 346 g/mol. The van der Waals surface area contributed by atoms with Crippen molar-refractivity contribution in [2.75, 3.05) is 31.1 Å². The zero-order valence-electron chi connectivity index (χ0n) is 14.7. The molecule has 6 nitrogen and oxygen atoms in total. The average Bonchev–Trinajstić information content (AvgIpc) is 3.27. The number of carbonyl (C=O) groups is 1. The van der Waals surface area contributed by atoms with E-state index in [-0.39, 0.29) is 0 Å². The van der Waals surface area contributed by atoms with Gasteiger partial charge in [0.2, 0.25) is 5.91 Å². The smallest absolute Gasteiger partial charge is 0.225 e. The highest BCUT2D eigenvalue weighted by atomic mass is 32.1. The molecule has 3 aromatic rings. The molecule has 1 saturated heterocycles. The van der Waals surface area contributed by atoms with E-state index in [1.165, 1.54) is 10.6 Å². The number of amides is 1. The Balaban J connectivity index is 1.40. The van der Waals surface area contributed by atoms with Crippen LogP contribution in [0.15, 0.2) is 24.5 Å². The number of hydrogen-bond acceptors (Lipinski definition) is 5. The average molecular weight is 367 g/mol. The van der Waals surface area contributed by atoms with Crippen LogP contribution >= 0.6 is 11.3 Å². The van der Waals surface area contributed by atoms with Crippen LogP contribution in [-0.2, 0) is 4.79 Å². The van der Waals surface area contributed by atoms with E-state index in [1.54, 1.807) is 11.3 Å². The van der Waals surface area contributed by atoms with Crippen molar-refractivity contribution in [2.45, 2.75) is 19.8 Å². The number of fused-ring (bicyclic) bond motifs is 1. The van der Waals surface area contributed by atoms with Gasteiger partial charge in [0.25, 0.3) is 0 Å². The predicted molar refractivity (Wildman–Crippen MR) is 103 cm³/mol. The van der Waals surface area contributed by atoms with Gasteiger partial charge in [-0.25, -0.2) is 9.97 Å². The van der Waals surface area contributed by atoms with Crippen LogP contribution in [0.2, 0.25) is 0 Å². The summed E-state index contributed by atoms with van der Waals surface area (Å²) in [6.07, 6.45) is 5.90. The first-order valence-corrected chi connectivity index (χ1v) is 9.95. The maximum Gasteiger partial charge on any atom is 0.225 e. The second-order valence-corrected chi connectivity index (χ2v) is 8.37. The maximum atomic E-state index is 12.3. The molecule has 1 aliphatic carbocycles. The van der Waals surface area contributed by atoms with E-state index in [0.717, 1.165) is 60.8 Å². The Hall–Kier alpha value is -2.41. The molecule has 0 radical (unpaired) electrons. The standard InChI is InChI=1S/C19H21N5OS/c1-12-11-21-18(26-12)15-10-14-16(4-5-20-17(14)22-15)23-6-8-24(9-7-23)19(25)13-2-3-13/h4-5,10-11,13H,2-3,6-9H2,1H3,(H,20,22). The highest BCUT2D eigenvalue weighted by Crippen LogP contribution is 2.34. The Kier molecular flexibility index (Phi) is 3.70. The van der Waals surface area contributed by atoms with E-state index in [0.29, 0.717) is 11.8 Å². The van der Waals surface area contributed by atoms with Crippen molar-refractivity contribution < 1.29 is 4.79 Å². The van der Waals surface area contributed by atoms with Gasteiger partial charge in [0.1, 0.15) is 10.7 Å². The lowest BCUT2D eigenvalue weighted by atomic mass is 10.2. The van der Waals surface area contributed by atoms with Gasteiger partial charge in [0.05, 0.1) is 5.69 Å². The number of aryl methyl sites for hydroxylation is 1. The van der Waals surface area contributed by atoms with Crippen molar-refractivity contribution in [1.29, 1.82) is 0 Å². The van der Waals surface area contributed by atoms with E-state index in [2.05, 4.69) is 38.9 Å². The van der Waals surface area contributed by atoms with Crippen molar-refractivity contribution in [1.82, 2.24) is 19.9 Å². The molecule has 0 unspecified atom stereocenters.